The molecule has 0 radical (unpaired) electrons. The fraction of sp³-hybridized carbons (Fsp3) is 0.333. The van der Waals surface area contributed by atoms with Crippen molar-refractivity contribution >= 4 is 21.6 Å². The molecule has 0 saturated heterocycles. The molecule has 2 aromatic carbocycles. The van der Waals surface area contributed by atoms with E-state index in [9.17, 15) is 18.8 Å². The standard InChI is InChI=1S/C27H31F2N4O2S/c1-4-24(31(13-14-33(2,3)35)17-20-10-11-22(28)23(29)16-20)25-30-26-21(12-15-36-26)27(34)32(25)18-19-8-6-5-7-9-19/h5-12,15-16,24,35H,4,13-14,17-18H2,1-3H3/q+1. The molecule has 4 rings (SSSR count). The Morgan fingerprint density at radius 2 is 1.83 bits per heavy atom. The van der Waals surface area contributed by atoms with Crippen molar-refractivity contribution in [2.45, 2.75) is 32.5 Å². The van der Waals surface area contributed by atoms with Crippen molar-refractivity contribution in [2.75, 3.05) is 27.2 Å². The van der Waals surface area contributed by atoms with Crippen LogP contribution < -0.4 is 5.56 Å². The van der Waals surface area contributed by atoms with Crippen LogP contribution in [0.5, 0.6) is 0 Å². The number of hydrogen-bond acceptors (Lipinski definition) is 5. The van der Waals surface area contributed by atoms with Crippen molar-refractivity contribution < 1.29 is 18.6 Å². The van der Waals surface area contributed by atoms with Gasteiger partial charge < -0.3 is 0 Å². The Balaban J connectivity index is 1.80. The van der Waals surface area contributed by atoms with Crippen molar-refractivity contribution in [1.82, 2.24) is 14.5 Å². The summed E-state index contributed by atoms with van der Waals surface area (Å²) in [6.45, 7) is 3.53. The Bertz CT molecular complexity index is 1380. The van der Waals surface area contributed by atoms with E-state index in [0.29, 0.717) is 54.2 Å². The molecule has 2 heterocycles. The van der Waals surface area contributed by atoms with Crippen molar-refractivity contribution in [3.63, 3.8) is 0 Å². The SMILES string of the molecule is CCC(c1nc2sccc2c(=O)n1Cc1ccccc1)N(CC[N+](C)(C)O)Cc1ccc(F)c(F)c1. The average molecular weight is 514 g/mol. The maximum absolute atomic E-state index is 14.0. The minimum atomic E-state index is -0.905. The van der Waals surface area contributed by atoms with Crippen LogP contribution in [0, 0.1) is 11.6 Å². The number of halogens is 2. The molecular weight excluding hydrogens is 482 g/mol. The summed E-state index contributed by atoms with van der Waals surface area (Å²) in [6.07, 6.45) is 0.626. The number of nitrogens with zero attached hydrogens (tertiary/aromatic N) is 4. The van der Waals surface area contributed by atoms with Crippen LogP contribution in [-0.2, 0) is 13.1 Å². The molecule has 1 unspecified atom stereocenters. The van der Waals surface area contributed by atoms with E-state index in [1.807, 2.05) is 42.6 Å². The second-order valence-corrected chi connectivity index (χ2v) is 10.4. The lowest BCUT2D eigenvalue weighted by Crippen LogP contribution is -2.44. The minimum absolute atomic E-state index is 0.107. The molecule has 0 spiro atoms. The van der Waals surface area contributed by atoms with Gasteiger partial charge in [-0.15, -0.1) is 11.3 Å². The predicted molar refractivity (Wildman–Crippen MR) is 138 cm³/mol. The van der Waals surface area contributed by atoms with Crippen molar-refractivity contribution in [2.24, 2.45) is 0 Å². The van der Waals surface area contributed by atoms with Gasteiger partial charge in [0.15, 0.2) is 11.6 Å². The van der Waals surface area contributed by atoms with Crippen LogP contribution in [0.1, 0.15) is 36.3 Å². The summed E-state index contributed by atoms with van der Waals surface area (Å²) in [4.78, 5) is 21.3. The molecule has 0 aliphatic heterocycles. The van der Waals surface area contributed by atoms with Crippen LogP contribution in [0.2, 0.25) is 0 Å². The minimum Gasteiger partial charge on any atom is -0.290 e. The Labute approximate surface area is 213 Å². The number of quaternary nitrogens is 1. The zero-order valence-corrected chi connectivity index (χ0v) is 21.5. The number of thiophene rings is 1. The first-order valence-corrected chi connectivity index (χ1v) is 12.8. The summed E-state index contributed by atoms with van der Waals surface area (Å²) >= 11 is 1.42. The summed E-state index contributed by atoms with van der Waals surface area (Å²) in [7, 11) is 3.36. The van der Waals surface area contributed by atoms with Gasteiger partial charge in [0.05, 0.1) is 38.6 Å². The largest absolute Gasteiger partial charge is 0.290 e. The topological polar surface area (TPSA) is 58.4 Å². The lowest BCUT2D eigenvalue weighted by Gasteiger charge is -2.33. The van der Waals surface area contributed by atoms with Gasteiger partial charge in [-0.25, -0.2) is 19.0 Å². The van der Waals surface area contributed by atoms with Gasteiger partial charge in [-0.1, -0.05) is 43.3 Å². The second-order valence-electron chi connectivity index (χ2n) is 9.47. The molecule has 0 fully saturated rings. The van der Waals surface area contributed by atoms with E-state index in [4.69, 9.17) is 4.98 Å². The maximum atomic E-state index is 14.0. The lowest BCUT2D eigenvalue weighted by atomic mass is 10.1. The van der Waals surface area contributed by atoms with Gasteiger partial charge in [-0.05, 0) is 41.1 Å². The summed E-state index contributed by atoms with van der Waals surface area (Å²) in [5, 5.41) is 12.8. The highest BCUT2D eigenvalue weighted by atomic mass is 32.1. The monoisotopic (exact) mass is 513 g/mol. The third-order valence-corrected chi connectivity index (χ3v) is 7.03. The third-order valence-electron chi connectivity index (χ3n) is 6.23. The molecule has 9 heteroatoms. The molecule has 4 aromatic rings. The van der Waals surface area contributed by atoms with Crippen LogP contribution in [-0.4, -0.2) is 51.5 Å². The molecule has 1 atom stereocenters. The number of hydrogen-bond donors (Lipinski definition) is 1. The van der Waals surface area contributed by atoms with Gasteiger partial charge in [0.1, 0.15) is 17.2 Å². The third kappa shape index (κ3) is 6.04. The normalized spacial score (nSPS) is 13.0. The summed E-state index contributed by atoms with van der Waals surface area (Å²) in [6, 6.07) is 15.1. The molecule has 0 amide bonds. The smallest absolute Gasteiger partial charge is 0.262 e. The maximum Gasteiger partial charge on any atom is 0.262 e. The lowest BCUT2D eigenvalue weighted by molar-refractivity contribution is -1.07. The van der Waals surface area contributed by atoms with Crippen LogP contribution in [0.25, 0.3) is 10.2 Å². The zero-order chi connectivity index (χ0) is 25.9. The van der Waals surface area contributed by atoms with E-state index in [1.54, 1.807) is 30.8 Å². The summed E-state index contributed by atoms with van der Waals surface area (Å²) in [5.74, 6) is -1.18. The molecule has 0 aliphatic rings. The first-order valence-electron chi connectivity index (χ1n) is 11.9. The fourth-order valence-corrected chi connectivity index (χ4v) is 5.09. The first-order chi connectivity index (χ1) is 17.2. The molecule has 0 aliphatic carbocycles. The zero-order valence-electron chi connectivity index (χ0n) is 20.7. The van der Waals surface area contributed by atoms with Crippen molar-refractivity contribution in [1.29, 1.82) is 0 Å². The number of likely N-dealkylation sites (N-methyl/N-ethyl adjacent to an activating group) is 1. The second kappa shape index (κ2) is 11.0. The van der Waals surface area contributed by atoms with Gasteiger partial charge in [0, 0.05) is 6.54 Å². The van der Waals surface area contributed by atoms with Crippen molar-refractivity contribution in [3.8, 4) is 0 Å². The predicted octanol–water partition coefficient (Wildman–Crippen LogP) is 5.20. The Morgan fingerprint density at radius 1 is 1.08 bits per heavy atom. The van der Waals surface area contributed by atoms with Gasteiger partial charge in [0.25, 0.3) is 5.56 Å². The van der Waals surface area contributed by atoms with Crippen LogP contribution >= 0.6 is 11.3 Å². The number of aromatic nitrogens is 2. The highest BCUT2D eigenvalue weighted by molar-refractivity contribution is 7.16. The quantitative estimate of drug-likeness (QED) is 0.234. The van der Waals surface area contributed by atoms with Gasteiger partial charge in [0.2, 0.25) is 0 Å². The van der Waals surface area contributed by atoms with Gasteiger partial charge in [-0.3, -0.25) is 14.3 Å². The Kier molecular flexibility index (Phi) is 7.94. The van der Waals surface area contributed by atoms with Crippen LogP contribution in [0.3, 0.4) is 0 Å². The Morgan fingerprint density at radius 3 is 2.50 bits per heavy atom. The molecule has 0 saturated carbocycles. The summed E-state index contributed by atoms with van der Waals surface area (Å²) in [5.41, 5.74) is 1.47. The van der Waals surface area contributed by atoms with Crippen LogP contribution in [0.15, 0.2) is 64.8 Å². The molecule has 6 nitrogen and oxygen atoms in total. The van der Waals surface area contributed by atoms with Gasteiger partial charge in [-0.2, -0.15) is 4.65 Å². The molecule has 2 aromatic heterocycles. The molecule has 190 valence electrons. The average Bonchev–Trinajstić information content (AvgIpc) is 3.31. The van der Waals surface area contributed by atoms with E-state index < -0.39 is 11.6 Å². The van der Waals surface area contributed by atoms with Crippen molar-refractivity contribution in [3.05, 3.63) is 98.9 Å². The Hall–Kier alpha value is -2.98. The van der Waals surface area contributed by atoms with E-state index in [1.165, 1.54) is 17.4 Å². The number of benzene rings is 2. The first kappa shape index (κ1) is 26.1. The highest BCUT2D eigenvalue weighted by Gasteiger charge is 2.27. The van der Waals surface area contributed by atoms with Crippen LogP contribution in [0.4, 0.5) is 8.78 Å². The fourth-order valence-electron chi connectivity index (χ4n) is 4.33. The molecular formula is C27H31F2N4O2S+. The summed E-state index contributed by atoms with van der Waals surface area (Å²) < 4.78 is 29.1. The van der Waals surface area contributed by atoms with E-state index in [2.05, 4.69) is 4.90 Å². The molecule has 36 heavy (non-hydrogen) atoms. The molecule has 1 N–H and O–H groups in total. The number of rotatable bonds is 10. The van der Waals surface area contributed by atoms with E-state index in [-0.39, 0.29) is 16.2 Å². The van der Waals surface area contributed by atoms with E-state index >= 15 is 0 Å². The van der Waals surface area contributed by atoms with E-state index in [0.717, 1.165) is 11.6 Å². The molecule has 0 bridgehead atoms. The van der Waals surface area contributed by atoms with Gasteiger partial charge >= 0.3 is 0 Å². The highest BCUT2D eigenvalue weighted by Crippen LogP contribution is 2.28. The number of fused-ring (bicyclic) bond motifs is 1. The number of hydroxylamine groups is 3.